The molecule has 150 valence electrons. The smallest absolute Gasteiger partial charge is 0.317 e. The predicted molar refractivity (Wildman–Crippen MR) is 112 cm³/mol. The average molecular weight is 399 g/mol. The van der Waals surface area contributed by atoms with E-state index in [9.17, 15) is 14.4 Å². The van der Waals surface area contributed by atoms with Crippen LogP contribution >= 0.6 is 0 Å². The summed E-state index contributed by atoms with van der Waals surface area (Å²) in [5.41, 5.74) is 2.56. The summed E-state index contributed by atoms with van der Waals surface area (Å²) in [6, 6.07) is 25.7. The Morgan fingerprint density at radius 2 is 1.20 bits per heavy atom. The number of ether oxygens (including phenoxy) is 1. The minimum atomic E-state index is -0.522. The molecule has 1 heterocycles. The molecular formula is C25H21NO4. The summed E-state index contributed by atoms with van der Waals surface area (Å²) in [7, 11) is 0. The summed E-state index contributed by atoms with van der Waals surface area (Å²) in [6.45, 7) is 0.337. The largest absolute Gasteiger partial charge is 0.465 e. The van der Waals surface area contributed by atoms with Crippen LogP contribution in [0.5, 0.6) is 0 Å². The first-order valence-corrected chi connectivity index (χ1v) is 9.88. The van der Waals surface area contributed by atoms with E-state index in [4.69, 9.17) is 4.74 Å². The zero-order valence-electron chi connectivity index (χ0n) is 16.4. The number of rotatable bonds is 7. The maximum Gasteiger partial charge on any atom is 0.317 e. The fourth-order valence-electron chi connectivity index (χ4n) is 3.68. The molecule has 0 bridgehead atoms. The van der Waals surface area contributed by atoms with Gasteiger partial charge in [-0.3, -0.25) is 19.3 Å². The van der Waals surface area contributed by atoms with Crippen molar-refractivity contribution in [1.29, 1.82) is 0 Å². The lowest BCUT2D eigenvalue weighted by molar-refractivity contribution is -0.144. The molecule has 0 radical (unpaired) electrons. The quantitative estimate of drug-likeness (QED) is 0.342. The third-order valence-electron chi connectivity index (χ3n) is 5.15. The van der Waals surface area contributed by atoms with Crippen LogP contribution < -0.4 is 0 Å². The number of imide groups is 1. The molecule has 2 amide bonds. The fourth-order valence-corrected chi connectivity index (χ4v) is 3.68. The summed E-state index contributed by atoms with van der Waals surface area (Å²) >= 11 is 0. The van der Waals surface area contributed by atoms with Crippen LogP contribution in [-0.2, 0) is 9.53 Å². The van der Waals surface area contributed by atoms with Gasteiger partial charge in [-0.05, 0) is 29.7 Å². The van der Waals surface area contributed by atoms with Gasteiger partial charge in [0.05, 0.1) is 17.7 Å². The Bertz CT molecular complexity index is 988. The summed E-state index contributed by atoms with van der Waals surface area (Å²) < 4.78 is 5.53. The van der Waals surface area contributed by atoms with E-state index < -0.39 is 5.92 Å². The zero-order chi connectivity index (χ0) is 20.9. The molecule has 0 saturated heterocycles. The molecule has 1 aliphatic heterocycles. The molecule has 5 heteroatoms. The van der Waals surface area contributed by atoms with Crippen molar-refractivity contribution in [2.45, 2.75) is 12.3 Å². The van der Waals surface area contributed by atoms with Crippen LogP contribution in [0.25, 0.3) is 0 Å². The van der Waals surface area contributed by atoms with Gasteiger partial charge in [0.15, 0.2) is 0 Å². The molecule has 0 spiro atoms. The Kier molecular flexibility index (Phi) is 5.70. The van der Waals surface area contributed by atoms with Crippen LogP contribution in [0.2, 0.25) is 0 Å². The number of amides is 2. The monoisotopic (exact) mass is 399 g/mol. The van der Waals surface area contributed by atoms with Gasteiger partial charge in [-0.1, -0.05) is 72.8 Å². The number of benzene rings is 3. The Balaban J connectivity index is 1.38. The van der Waals surface area contributed by atoms with Crippen molar-refractivity contribution in [3.8, 4) is 0 Å². The number of nitrogens with zero attached hydrogens (tertiary/aromatic N) is 1. The zero-order valence-corrected chi connectivity index (χ0v) is 16.4. The summed E-state index contributed by atoms with van der Waals surface area (Å²) in [5.74, 6) is -1.47. The van der Waals surface area contributed by atoms with Crippen molar-refractivity contribution in [2.75, 3.05) is 13.2 Å². The number of esters is 1. The molecule has 1 aliphatic rings. The van der Waals surface area contributed by atoms with E-state index in [1.54, 1.807) is 24.3 Å². The number of fused-ring (bicyclic) bond motifs is 1. The van der Waals surface area contributed by atoms with Gasteiger partial charge in [0.2, 0.25) is 0 Å². The van der Waals surface area contributed by atoms with Crippen molar-refractivity contribution >= 4 is 17.8 Å². The molecular weight excluding hydrogens is 378 g/mol. The third-order valence-corrected chi connectivity index (χ3v) is 5.15. The lowest BCUT2D eigenvalue weighted by Gasteiger charge is -2.18. The fraction of sp³-hybridized carbons (Fsp3) is 0.160. The van der Waals surface area contributed by atoms with Gasteiger partial charge in [-0.25, -0.2) is 0 Å². The van der Waals surface area contributed by atoms with Gasteiger partial charge in [-0.2, -0.15) is 0 Å². The van der Waals surface area contributed by atoms with E-state index in [0.29, 0.717) is 17.5 Å². The first-order valence-electron chi connectivity index (χ1n) is 9.88. The average Bonchev–Trinajstić information content (AvgIpc) is 3.03. The first kappa shape index (κ1) is 19.6. The second kappa shape index (κ2) is 8.74. The molecule has 0 unspecified atom stereocenters. The number of carbonyl (C=O) groups excluding carboxylic acids is 3. The van der Waals surface area contributed by atoms with Crippen LogP contribution in [0.4, 0.5) is 0 Å². The number of hydrogen-bond acceptors (Lipinski definition) is 4. The molecule has 3 aromatic carbocycles. The van der Waals surface area contributed by atoms with E-state index >= 15 is 0 Å². The van der Waals surface area contributed by atoms with Gasteiger partial charge in [0.1, 0.15) is 5.92 Å². The van der Waals surface area contributed by atoms with Crippen molar-refractivity contribution in [1.82, 2.24) is 4.90 Å². The van der Waals surface area contributed by atoms with Gasteiger partial charge in [-0.15, -0.1) is 0 Å². The molecule has 30 heavy (non-hydrogen) atoms. The molecule has 0 atom stereocenters. The minimum absolute atomic E-state index is 0.127. The molecule has 5 nitrogen and oxygen atoms in total. The van der Waals surface area contributed by atoms with E-state index in [-0.39, 0.29) is 30.9 Å². The van der Waals surface area contributed by atoms with E-state index in [0.717, 1.165) is 11.1 Å². The molecule has 0 N–H and O–H groups in total. The highest BCUT2D eigenvalue weighted by molar-refractivity contribution is 6.21. The Morgan fingerprint density at radius 3 is 1.70 bits per heavy atom. The second-order valence-corrected chi connectivity index (χ2v) is 7.08. The Hall–Kier alpha value is -3.73. The SMILES string of the molecule is O=C(OCCCN1C(=O)c2ccccc2C1=O)C(c1ccccc1)c1ccccc1. The second-order valence-electron chi connectivity index (χ2n) is 7.08. The molecule has 0 aliphatic carbocycles. The van der Waals surface area contributed by atoms with Gasteiger partial charge < -0.3 is 4.74 Å². The number of carbonyl (C=O) groups is 3. The predicted octanol–water partition coefficient (Wildman–Crippen LogP) is 4.05. The van der Waals surface area contributed by atoms with E-state index in [1.807, 2.05) is 60.7 Å². The van der Waals surface area contributed by atoms with Crippen molar-refractivity contribution in [2.24, 2.45) is 0 Å². The maximum absolute atomic E-state index is 12.9. The van der Waals surface area contributed by atoms with Crippen LogP contribution in [0.15, 0.2) is 84.9 Å². The van der Waals surface area contributed by atoms with Gasteiger partial charge in [0, 0.05) is 6.54 Å². The number of hydrogen-bond donors (Lipinski definition) is 0. The van der Waals surface area contributed by atoms with Crippen LogP contribution in [0, 0.1) is 0 Å². The Morgan fingerprint density at radius 1 is 0.733 bits per heavy atom. The highest BCUT2D eigenvalue weighted by atomic mass is 16.5. The van der Waals surface area contributed by atoms with Crippen molar-refractivity contribution < 1.29 is 19.1 Å². The standard InChI is InChI=1S/C25H21NO4/c27-23-20-14-7-8-15-21(20)24(28)26(23)16-9-17-30-25(29)22(18-10-3-1-4-11-18)19-12-5-2-6-13-19/h1-8,10-15,22H,9,16-17H2. The maximum atomic E-state index is 12.9. The molecule has 4 rings (SSSR count). The Labute approximate surface area is 174 Å². The van der Waals surface area contributed by atoms with Gasteiger partial charge in [0.25, 0.3) is 11.8 Å². The summed E-state index contributed by atoms with van der Waals surface area (Å²) in [5, 5.41) is 0. The molecule has 0 fully saturated rings. The summed E-state index contributed by atoms with van der Waals surface area (Å²) in [6.07, 6.45) is 0.382. The van der Waals surface area contributed by atoms with Crippen LogP contribution in [0.1, 0.15) is 44.2 Å². The lowest BCUT2D eigenvalue weighted by atomic mass is 9.91. The normalized spacial score (nSPS) is 12.9. The van der Waals surface area contributed by atoms with E-state index in [1.165, 1.54) is 4.90 Å². The topological polar surface area (TPSA) is 63.7 Å². The highest BCUT2D eigenvalue weighted by Crippen LogP contribution is 2.26. The lowest BCUT2D eigenvalue weighted by Crippen LogP contribution is -2.31. The minimum Gasteiger partial charge on any atom is -0.465 e. The van der Waals surface area contributed by atoms with Crippen LogP contribution in [0.3, 0.4) is 0 Å². The summed E-state index contributed by atoms with van der Waals surface area (Å²) in [4.78, 5) is 38.9. The van der Waals surface area contributed by atoms with E-state index in [2.05, 4.69) is 0 Å². The molecule has 0 aromatic heterocycles. The van der Waals surface area contributed by atoms with Crippen LogP contribution in [-0.4, -0.2) is 35.8 Å². The third kappa shape index (κ3) is 3.87. The van der Waals surface area contributed by atoms with Crippen molar-refractivity contribution in [3.05, 3.63) is 107 Å². The van der Waals surface area contributed by atoms with Gasteiger partial charge >= 0.3 is 5.97 Å². The highest BCUT2D eigenvalue weighted by Gasteiger charge is 2.34. The first-order chi connectivity index (χ1) is 14.7. The van der Waals surface area contributed by atoms with Crippen molar-refractivity contribution in [3.63, 3.8) is 0 Å². The molecule has 3 aromatic rings. The molecule has 0 saturated carbocycles.